The van der Waals surface area contributed by atoms with Crippen molar-refractivity contribution < 1.29 is 9.90 Å². The number of nitrogens with one attached hydrogen (secondary N) is 1. The average Bonchev–Trinajstić information content (AvgIpc) is 2.66. The number of benzene rings is 1. The van der Waals surface area contributed by atoms with E-state index in [0.717, 1.165) is 10.2 Å². The molecule has 0 unspecified atom stereocenters. The highest BCUT2D eigenvalue weighted by molar-refractivity contribution is 7.22. The number of nitrogens with two attached hydrogens (primary N) is 1. The highest BCUT2D eigenvalue weighted by atomic mass is 32.1. The van der Waals surface area contributed by atoms with Gasteiger partial charge in [0.15, 0.2) is 5.13 Å². The van der Waals surface area contributed by atoms with Gasteiger partial charge in [-0.25, -0.2) is 4.98 Å². The largest absolute Gasteiger partial charge is 0.399 e. The van der Waals surface area contributed by atoms with Gasteiger partial charge in [-0.1, -0.05) is 11.3 Å². The number of amides is 1. The van der Waals surface area contributed by atoms with E-state index in [2.05, 4.69) is 10.3 Å². The number of anilines is 2. The topological polar surface area (TPSA) is 91.5 Å². The average molecular weight is 308 g/mol. The number of aliphatic hydroxyl groups is 1. The lowest BCUT2D eigenvalue weighted by Crippen LogP contribution is -2.40. The lowest BCUT2D eigenvalue weighted by molar-refractivity contribution is -0.117. The van der Waals surface area contributed by atoms with Gasteiger partial charge in [0.25, 0.3) is 0 Å². The number of hydrogen-bond acceptors (Lipinski definition) is 6. The Kier molecular flexibility index (Phi) is 4.46. The number of nitrogen functional groups attached to an aromatic ring is 1. The maximum atomic E-state index is 12.0. The number of rotatable bonds is 5. The number of aromatic nitrogens is 1. The van der Waals surface area contributed by atoms with Crippen molar-refractivity contribution in [2.75, 3.05) is 31.2 Å². The third kappa shape index (κ3) is 4.66. The van der Waals surface area contributed by atoms with Crippen molar-refractivity contribution >= 4 is 38.3 Å². The molecular weight excluding hydrogens is 288 g/mol. The molecule has 4 N–H and O–H groups in total. The van der Waals surface area contributed by atoms with Gasteiger partial charge in [0.2, 0.25) is 5.91 Å². The van der Waals surface area contributed by atoms with Gasteiger partial charge in [0.05, 0.1) is 22.4 Å². The second-order valence-corrected chi connectivity index (χ2v) is 6.81. The molecule has 0 spiro atoms. The summed E-state index contributed by atoms with van der Waals surface area (Å²) in [6.45, 7) is 4.03. The molecule has 0 aliphatic heterocycles. The van der Waals surface area contributed by atoms with Crippen LogP contribution >= 0.6 is 11.3 Å². The summed E-state index contributed by atoms with van der Waals surface area (Å²) in [6.07, 6.45) is 0. The molecular formula is C14H20N4O2S. The van der Waals surface area contributed by atoms with E-state index in [4.69, 9.17) is 5.73 Å². The van der Waals surface area contributed by atoms with Crippen LogP contribution in [-0.4, -0.2) is 46.6 Å². The monoisotopic (exact) mass is 308 g/mol. The third-order valence-corrected chi connectivity index (χ3v) is 3.66. The summed E-state index contributed by atoms with van der Waals surface area (Å²) in [6, 6.07) is 5.45. The quantitative estimate of drug-likeness (QED) is 0.728. The highest BCUT2D eigenvalue weighted by Gasteiger charge is 2.18. The van der Waals surface area contributed by atoms with Gasteiger partial charge >= 0.3 is 0 Å². The maximum Gasteiger partial charge on any atom is 0.240 e. The minimum Gasteiger partial charge on any atom is -0.399 e. The Morgan fingerprint density at radius 2 is 2.24 bits per heavy atom. The first-order valence-electron chi connectivity index (χ1n) is 6.60. The number of nitrogens with zero attached hydrogens (tertiary/aromatic N) is 2. The third-order valence-electron chi connectivity index (χ3n) is 2.73. The van der Waals surface area contributed by atoms with Gasteiger partial charge in [-0.15, -0.1) is 0 Å². The molecule has 0 bridgehead atoms. The van der Waals surface area contributed by atoms with Crippen LogP contribution in [0.25, 0.3) is 10.2 Å². The molecule has 1 heterocycles. The zero-order valence-electron chi connectivity index (χ0n) is 12.4. The standard InChI is InChI=1S/C14H20N4O2S/c1-14(2,20)8-18(3)7-12(19)17-13-16-10-5-4-9(15)6-11(10)21-13/h4-6,20H,7-8,15H2,1-3H3,(H,16,17,19). The fourth-order valence-corrected chi connectivity index (χ4v) is 3.05. The summed E-state index contributed by atoms with van der Waals surface area (Å²) in [5, 5.41) is 13.0. The van der Waals surface area contributed by atoms with Crippen LogP contribution in [0, 0.1) is 0 Å². The molecule has 2 aromatic rings. The second-order valence-electron chi connectivity index (χ2n) is 5.78. The maximum absolute atomic E-state index is 12.0. The summed E-state index contributed by atoms with van der Waals surface area (Å²) in [5.41, 5.74) is 6.38. The highest BCUT2D eigenvalue weighted by Crippen LogP contribution is 2.27. The van der Waals surface area contributed by atoms with E-state index < -0.39 is 5.60 Å². The van der Waals surface area contributed by atoms with Crippen LogP contribution in [0.3, 0.4) is 0 Å². The van der Waals surface area contributed by atoms with Gasteiger partial charge < -0.3 is 16.2 Å². The number of fused-ring (bicyclic) bond motifs is 1. The van der Waals surface area contributed by atoms with E-state index in [-0.39, 0.29) is 12.5 Å². The molecule has 0 fully saturated rings. The number of hydrogen-bond donors (Lipinski definition) is 3. The molecule has 0 aliphatic rings. The molecule has 6 nitrogen and oxygen atoms in total. The van der Waals surface area contributed by atoms with Crippen LogP contribution in [0.2, 0.25) is 0 Å². The minimum absolute atomic E-state index is 0.159. The summed E-state index contributed by atoms with van der Waals surface area (Å²) < 4.78 is 0.940. The van der Waals surface area contributed by atoms with Crippen LogP contribution in [0.5, 0.6) is 0 Å². The zero-order chi connectivity index (χ0) is 15.6. The molecule has 0 atom stereocenters. The molecule has 2 rings (SSSR count). The van der Waals surface area contributed by atoms with Gasteiger partial charge in [-0.2, -0.15) is 0 Å². The van der Waals surface area contributed by atoms with Gasteiger partial charge in [-0.3, -0.25) is 9.69 Å². The smallest absolute Gasteiger partial charge is 0.240 e. The summed E-state index contributed by atoms with van der Waals surface area (Å²) in [5.74, 6) is -0.159. The Morgan fingerprint density at radius 3 is 2.90 bits per heavy atom. The van der Waals surface area contributed by atoms with Crippen molar-refractivity contribution in [1.82, 2.24) is 9.88 Å². The molecule has 21 heavy (non-hydrogen) atoms. The predicted molar refractivity (Wildman–Crippen MR) is 86.5 cm³/mol. The summed E-state index contributed by atoms with van der Waals surface area (Å²) in [7, 11) is 1.79. The fourth-order valence-electron chi connectivity index (χ4n) is 2.12. The van der Waals surface area contributed by atoms with E-state index in [1.165, 1.54) is 11.3 Å². The zero-order valence-corrected chi connectivity index (χ0v) is 13.2. The number of carbonyl (C=O) groups is 1. The number of likely N-dealkylation sites (N-methyl/N-ethyl adjacent to an activating group) is 1. The Balaban J connectivity index is 1.98. The van der Waals surface area contributed by atoms with Crippen LogP contribution < -0.4 is 11.1 Å². The first-order valence-corrected chi connectivity index (χ1v) is 7.41. The van der Waals surface area contributed by atoms with Crippen molar-refractivity contribution in [1.29, 1.82) is 0 Å². The Hall–Kier alpha value is -1.70. The minimum atomic E-state index is -0.831. The Morgan fingerprint density at radius 1 is 1.52 bits per heavy atom. The fraction of sp³-hybridized carbons (Fsp3) is 0.429. The van der Waals surface area contributed by atoms with Gasteiger partial charge in [-0.05, 0) is 39.1 Å². The van der Waals surface area contributed by atoms with Crippen LogP contribution in [0.4, 0.5) is 10.8 Å². The van der Waals surface area contributed by atoms with Crippen molar-refractivity contribution in [3.8, 4) is 0 Å². The SMILES string of the molecule is CN(CC(=O)Nc1nc2ccc(N)cc2s1)CC(C)(C)O. The molecule has 0 saturated carbocycles. The van der Waals surface area contributed by atoms with Gasteiger partial charge in [0, 0.05) is 12.2 Å². The molecule has 0 aliphatic carbocycles. The molecule has 7 heteroatoms. The first-order chi connectivity index (χ1) is 9.73. The van der Waals surface area contributed by atoms with Crippen molar-refractivity contribution in [2.24, 2.45) is 0 Å². The van der Waals surface area contributed by atoms with E-state index >= 15 is 0 Å². The van der Waals surface area contributed by atoms with E-state index in [1.54, 1.807) is 31.9 Å². The predicted octanol–water partition coefficient (Wildman–Crippen LogP) is 1.52. The summed E-state index contributed by atoms with van der Waals surface area (Å²) >= 11 is 1.39. The summed E-state index contributed by atoms with van der Waals surface area (Å²) in [4.78, 5) is 18.1. The van der Waals surface area contributed by atoms with Crippen molar-refractivity contribution in [2.45, 2.75) is 19.4 Å². The van der Waals surface area contributed by atoms with Gasteiger partial charge in [0.1, 0.15) is 0 Å². The number of thiazole rings is 1. The van der Waals surface area contributed by atoms with Crippen LogP contribution in [-0.2, 0) is 4.79 Å². The second kappa shape index (κ2) is 5.97. The van der Waals surface area contributed by atoms with E-state index in [9.17, 15) is 9.90 Å². The molecule has 0 saturated heterocycles. The van der Waals surface area contributed by atoms with Crippen molar-refractivity contribution in [3.63, 3.8) is 0 Å². The lowest BCUT2D eigenvalue weighted by atomic mass is 10.1. The first kappa shape index (κ1) is 15.7. The van der Waals surface area contributed by atoms with E-state index in [0.29, 0.717) is 17.4 Å². The molecule has 1 amide bonds. The van der Waals surface area contributed by atoms with Crippen molar-refractivity contribution in [3.05, 3.63) is 18.2 Å². The molecule has 1 aromatic heterocycles. The van der Waals surface area contributed by atoms with Crippen LogP contribution in [0.15, 0.2) is 18.2 Å². The Labute approximate surface area is 127 Å². The molecule has 1 aromatic carbocycles. The number of carbonyl (C=O) groups excluding carboxylic acids is 1. The Bertz CT molecular complexity index is 648. The molecule has 0 radical (unpaired) electrons. The normalized spacial score (nSPS) is 12.0. The van der Waals surface area contributed by atoms with E-state index in [1.807, 2.05) is 12.1 Å². The molecule has 114 valence electrons. The van der Waals surface area contributed by atoms with Crippen LogP contribution in [0.1, 0.15) is 13.8 Å². The lowest BCUT2D eigenvalue weighted by Gasteiger charge is -2.24.